The number of likely N-dealkylation sites (tertiary alicyclic amines) is 1. The summed E-state index contributed by atoms with van der Waals surface area (Å²) < 4.78 is 93.8. The van der Waals surface area contributed by atoms with Gasteiger partial charge >= 0.3 is 12.2 Å². The van der Waals surface area contributed by atoms with Crippen LogP contribution in [0.3, 0.4) is 0 Å². The van der Waals surface area contributed by atoms with Crippen molar-refractivity contribution in [3.63, 3.8) is 0 Å². The first-order chi connectivity index (χ1) is 18.6. The Kier molecular flexibility index (Phi) is 9.31. The summed E-state index contributed by atoms with van der Waals surface area (Å²) in [6.45, 7) is 3.70. The summed E-state index contributed by atoms with van der Waals surface area (Å²) in [6, 6.07) is 1.95. The van der Waals surface area contributed by atoms with E-state index in [4.69, 9.17) is 0 Å². The Labute approximate surface area is 225 Å². The molecule has 14 heteroatoms. The Balaban J connectivity index is 1.75. The maximum Gasteiger partial charge on any atom is 0.416 e. The quantitative estimate of drug-likeness (QED) is 0.343. The molecule has 40 heavy (non-hydrogen) atoms. The highest BCUT2D eigenvalue weighted by atomic mass is 19.4. The monoisotopic (exact) mass is 576 g/mol. The number of carbonyl (C=O) groups is 3. The van der Waals surface area contributed by atoms with Crippen LogP contribution in [0.5, 0.6) is 0 Å². The van der Waals surface area contributed by atoms with Crippen molar-refractivity contribution in [2.45, 2.75) is 64.3 Å². The molecule has 0 spiro atoms. The van der Waals surface area contributed by atoms with Gasteiger partial charge in [-0.2, -0.15) is 13.2 Å². The molecule has 7 nitrogen and oxygen atoms in total. The molecule has 3 rings (SSSR count). The van der Waals surface area contributed by atoms with Gasteiger partial charge < -0.3 is 10.2 Å². The molecule has 1 aliphatic rings. The first kappa shape index (κ1) is 30.7. The van der Waals surface area contributed by atoms with Crippen molar-refractivity contribution in [2.24, 2.45) is 0 Å². The summed E-state index contributed by atoms with van der Waals surface area (Å²) in [4.78, 5) is 39.6. The van der Waals surface area contributed by atoms with E-state index in [9.17, 15) is 45.1 Å². The standard InChI is InChI=1S/C26H27F7N4O3/c1-13-4-5-14(2)37(13)24(39)16-6-7-20(21(28)10-16)15(3)34-25(40)36(12-22(29)30)35-23(38)17-8-18(26(31,32)33)11-19(27)9-17/h6-11,13-15,22H,4-5,12H2,1-3H3,(H,34,40)(H,35,38)/t13-,14+,15-/m1/s1. The normalized spacial score (nSPS) is 18.0. The Bertz CT molecular complexity index is 1260. The van der Waals surface area contributed by atoms with Crippen LogP contribution in [0.1, 0.15) is 71.5 Å². The molecule has 0 saturated carbocycles. The minimum Gasteiger partial charge on any atom is -0.333 e. The second-order valence-corrected chi connectivity index (χ2v) is 9.56. The largest absolute Gasteiger partial charge is 0.416 e. The third-order valence-electron chi connectivity index (χ3n) is 6.53. The van der Waals surface area contributed by atoms with Gasteiger partial charge in [0.25, 0.3) is 18.2 Å². The molecule has 2 aromatic carbocycles. The lowest BCUT2D eigenvalue weighted by atomic mass is 10.0. The van der Waals surface area contributed by atoms with Crippen molar-refractivity contribution in [3.8, 4) is 0 Å². The molecule has 3 atom stereocenters. The average Bonchev–Trinajstić information content (AvgIpc) is 3.19. The van der Waals surface area contributed by atoms with Crippen LogP contribution in [0.4, 0.5) is 35.5 Å². The van der Waals surface area contributed by atoms with Crippen molar-refractivity contribution >= 4 is 17.8 Å². The SMILES string of the molecule is C[C@@H]1CC[C@H](C)N1C(=O)c1ccc([C@@H](C)NC(=O)N(CC(F)F)NC(=O)c2cc(F)cc(C(F)(F)F)c2)c(F)c1. The van der Waals surface area contributed by atoms with Gasteiger partial charge in [-0.3, -0.25) is 15.0 Å². The summed E-state index contributed by atoms with van der Waals surface area (Å²) in [7, 11) is 0. The highest BCUT2D eigenvalue weighted by Gasteiger charge is 2.34. The van der Waals surface area contributed by atoms with Gasteiger partial charge in [-0.1, -0.05) is 6.07 Å². The molecular formula is C26H27F7N4O3. The summed E-state index contributed by atoms with van der Waals surface area (Å²) in [5, 5.41) is 2.30. The van der Waals surface area contributed by atoms with E-state index >= 15 is 0 Å². The molecule has 0 aromatic heterocycles. The van der Waals surface area contributed by atoms with Gasteiger partial charge in [-0.05, 0) is 63.9 Å². The number of hydrogen-bond acceptors (Lipinski definition) is 3. The van der Waals surface area contributed by atoms with Gasteiger partial charge in [0.1, 0.15) is 18.2 Å². The maximum atomic E-state index is 15.0. The van der Waals surface area contributed by atoms with Crippen molar-refractivity contribution < 1.29 is 45.1 Å². The number of halogens is 7. The lowest BCUT2D eigenvalue weighted by Gasteiger charge is -2.27. The van der Waals surface area contributed by atoms with Gasteiger partial charge in [0.15, 0.2) is 0 Å². The number of alkyl halides is 5. The second kappa shape index (κ2) is 12.1. The van der Waals surface area contributed by atoms with Gasteiger partial charge in [0.2, 0.25) is 0 Å². The fraction of sp³-hybridized carbons (Fsp3) is 0.423. The number of benzene rings is 2. The number of hydrazine groups is 1. The summed E-state index contributed by atoms with van der Waals surface area (Å²) >= 11 is 0. The molecular weight excluding hydrogens is 549 g/mol. The van der Waals surface area contributed by atoms with Crippen molar-refractivity contribution in [2.75, 3.05) is 6.54 Å². The molecule has 1 heterocycles. The lowest BCUT2D eigenvalue weighted by molar-refractivity contribution is -0.137. The molecule has 1 saturated heterocycles. The first-order valence-corrected chi connectivity index (χ1v) is 12.3. The van der Waals surface area contributed by atoms with Crippen LogP contribution in [0.25, 0.3) is 0 Å². The second-order valence-electron chi connectivity index (χ2n) is 9.56. The molecule has 1 aliphatic heterocycles. The highest BCUT2D eigenvalue weighted by molar-refractivity contribution is 5.96. The zero-order chi connectivity index (χ0) is 29.9. The Morgan fingerprint density at radius 1 is 1.00 bits per heavy atom. The van der Waals surface area contributed by atoms with Crippen molar-refractivity contribution in [1.29, 1.82) is 0 Å². The van der Waals surface area contributed by atoms with E-state index in [1.807, 2.05) is 13.8 Å². The topological polar surface area (TPSA) is 81.8 Å². The third-order valence-corrected chi connectivity index (χ3v) is 6.53. The molecule has 2 aromatic rings. The Morgan fingerprint density at radius 2 is 1.62 bits per heavy atom. The van der Waals surface area contributed by atoms with Crippen LogP contribution in [0.2, 0.25) is 0 Å². The van der Waals surface area contributed by atoms with Crippen molar-refractivity contribution in [1.82, 2.24) is 20.7 Å². The Morgan fingerprint density at radius 3 is 2.17 bits per heavy atom. The molecule has 0 aliphatic carbocycles. The van der Waals surface area contributed by atoms with E-state index in [1.165, 1.54) is 19.1 Å². The van der Waals surface area contributed by atoms with E-state index in [0.29, 0.717) is 12.1 Å². The summed E-state index contributed by atoms with van der Waals surface area (Å²) in [6.07, 6.45) is -6.56. The predicted octanol–water partition coefficient (Wildman–Crippen LogP) is 5.68. The molecule has 218 valence electrons. The van der Waals surface area contributed by atoms with E-state index in [2.05, 4.69) is 5.32 Å². The van der Waals surface area contributed by atoms with Gasteiger partial charge in [0, 0.05) is 28.8 Å². The fourth-order valence-corrected chi connectivity index (χ4v) is 4.49. The number of carbonyl (C=O) groups excluding carboxylic acids is 3. The number of nitrogens with zero attached hydrogens (tertiary/aromatic N) is 2. The van der Waals surface area contributed by atoms with E-state index in [1.54, 1.807) is 10.3 Å². The van der Waals surface area contributed by atoms with Crippen LogP contribution in [0.15, 0.2) is 36.4 Å². The fourth-order valence-electron chi connectivity index (χ4n) is 4.49. The van der Waals surface area contributed by atoms with E-state index in [0.717, 1.165) is 18.9 Å². The minimum absolute atomic E-state index is 0.0214. The van der Waals surface area contributed by atoms with Crippen LogP contribution in [0, 0.1) is 11.6 Å². The zero-order valence-electron chi connectivity index (χ0n) is 21.7. The average molecular weight is 577 g/mol. The zero-order valence-corrected chi connectivity index (χ0v) is 21.7. The van der Waals surface area contributed by atoms with Crippen LogP contribution in [-0.4, -0.2) is 52.8 Å². The molecule has 0 radical (unpaired) electrons. The molecule has 4 amide bonds. The minimum atomic E-state index is -5.00. The highest BCUT2D eigenvalue weighted by Crippen LogP contribution is 2.30. The van der Waals surface area contributed by atoms with Crippen LogP contribution >= 0.6 is 0 Å². The smallest absolute Gasteiger partial charge is 0.333 e. The van der Waals surface area contributed by atoms with Gasteiger partial charge in [-0.15, -0.1) is 0 Å². The number of rotatable bonds is 6. The predicted molar refractivity (Wildman–Crippen MR) is 129 cm³/mol. The Hall–Kier alpha value is -3.84. The van der Waals surface area contributed by atoms with E-state index in [-0.39, 0.29) is 40.2 Å². The van der Waals surface area contributed by atoms with E-state index < -0.39 is 59.9 Å². The van der Waals surface area contributed by atoms with Gasteiger partial charge in [0.05, 0.1) is 11.6 Å². The number of nitrogens with one attached hydrogen (secondary N) is 2. The first-order valence-electron chi connectivity index (χ1n) is 12.3. The summed E-state index contributed by atoms with van der Waals surface area (Å²) in [5.74, 6) is -4.10. The van der Waals surface area contributed by atoms with Crippen LogP contribution in [-0.2, 0) is 6.18 Å². The molecule has 2 N–H and O–H groups in total. The lowest BCUT2D eigenvalue weighted by Crippen LogP contribution is -2.53. The molecule has 0 bridgehead atoms. The number of amides is 4. The van der Waals surface area contributed by atoms with Crippen molar-refractivity contribution in [3.05, 3.63) is 70.3 Å². The molecule has 1 fully saturated rings. The molecule has 0 unspecified atom stereocenters. The third kappa shape index (κ3) is 7.21. The number of urea groups is 1. The van der Waals surface area contributed by atoms with Gasteiger partial charge in [-0.25, -0.2) is 27.4 Å². The van der Waals surface area contributed by atoms with Crippen LogP contribution < -0.4 is 10.7 Å². The summed E-state index contributed by atoms with van der Waals surface area (Å²) in [5.41, 5.74) is -0.661. The number of hydrogen-bond donors (Lipinski definition) is 2. The maximum absolute atomic E-state index is 15.0.